The van der Waals surface area contributed by atoms with Crippen LogP contribution in [-0.2, 0) is 24.3 Å². The summed E-state index contributed by atoms with van der Waals surface area (Å²) in [5, 5.41) is 7.78. The Bertz CT molecular complexity index is 1060. The van der Waals surface area contributed by atoms with Gasteiger partial charge in [-0.2, -0.15) is 5.10 Å². The van der Waals surface area contributed by atoms with Crippen molar-refractivity contribution >= 4 is 22.4 Å². The topological polar surface area (TPSA) is 81.8 Å². The van der Waals surface area contributed by atoms with E-state index in [2.05, 4.69) is 29.2 Å². The van der Waals surface area contributed by atoms with Crippen LogP contribution in [0.3, 0.4) is 0 Å². The number of aryl methyl sites for hydroxylation is 1. The van der Waals surface area contributed by atoms with E-state index in [1.165, 1.54) is 16.0 Å². The first kappa shape index (κ1) is 19.6. The summed E-state index contributed by atoms with van der Waals surface area (Å²) in [6, 6.07) is 9.96. The van der Waals surface area contributed by atoms with Crippen LogP contribution in [0.25, 0.3) is 11.3 Å². The van der Waals surface area contributed by atoms with E-state index in [9.17, 15) is 9.59 Å². The molecule has 0 atom stereocenters. The highest BCUT2D eigenvalue weighted by atomic mass is 32.1. The van der Waals surface area contributed by atoms with Crippen molar-refractivity contribution in [2.75, 3.05) is 5.32 Å². The lowest BCUT2D eigenvalue weighted by molar-refractivity contribution is -0.117. The fourth-order valence-corrected chi connectivity index (χ4v) is 4.61. The molecule has 152 valence electrons. The van der Waals surface area contributed by atoms with E-state index >= 15 is 0 Å². The molecule has 29 heavy (non-hydrogen) atoms. The average molecular weight is 412 g/mol. The van der Waals surface area contributed by atoms with Gasteiger partial charge in [-0.25, -0.2) is 14.5 Å². The van der Waals surface area contributed by atoms with Crippen LogP contribution in [0.4, 0.5) is 5.13 Å². The normalized spacial score (nSPS) is 13.9. The third kappa shape index (κ3) is 4.17. The van der Waals surface area contributed by atoms with Crippen LogP contribution in [0.1, 0.15) is 49.7 Å². The molecule has 0 saturated heterocycles. The van der Waals surface area contributed by atoms with Crippen LogP contribution in [0, 0.1) is 0 Å². The maximum absolute atomic E-state index is 12.6. The number of nitrogens with zero attached hydrogens (tertiary/aromatic N) is 4. The monoisotopic (exact) mass is 411 g/mol. The largest absolute Gasteiger partial charge is 0.346 e. The summed E-state index contributed by atoms with van der Waals surface area (Å²) >= 11 is 1.48. The Balaban J connectivity index is 1.53. The predicted molar refractivity (Wildman–Crippen MR) is 114 cm³/mol. The second-order valence-electron chi connectivity index (χ2n) is 7.62. The maximum atomic E-state index is 12.6. The van der Waals surface area contributed by atoms with Gasteiger partial charge in [0.2, 0.25) is 5.91 Å². The molecular weight excluding hydrogens is 386 g/mol. The highest BCUT2D eigenvalue weighted by molar-refractivity contribution is 7.16. The van der Waals surface area contributed by atoms with E-state index in [1.54, 1.807) is 4.57 Å². The fraction of sp³-hybridized carbons (Fsp3) is 0.429. The van der Waals surface area contributed by atoms with E-state index in [0.717, 1.165) is 47.6 Å². The minimum Gasteiger partial charge on any atom is -0.300 e. The molecule has 8 heteroatoms. The number of carbonyl (C=O) groups excluding carboxylic acids is 1. The van der Waals surface area contributed by atoms with E-state index in [-0.39, 0.29) is 18.1 Å². The van der Waals surface area contributed by atoms with Crippen molar-refractivity contribution in [3.05, 3.63) is 51.5 Å². The maximum Gasteiger partial charge on any atom is 0.346 e. The Labute approximate surface area is 173 Å². The van der Waals surface area contributed by atoms with Crippen molar-refractivity contribution in [2.45, 2.75) is 58.5 Å². The number of benzene rings is 1. The van der Waals surface area contributed by atoms with Crippen LogP contribution in [-0.4, -0.2) is 25.2 Å². The van der Waals surface area contributed by atoms with Gasteiger partial charge in [0.1, 0.15) is 12.4 Å². The molecule has 0 fully saturated rings. The van der Waals surface area contributed by atoms with Gasteiger partial charge in [-0.05, 0) is 18.8 Å². The molecular formula is C21H25N5O2S. The summed E-state index contributed by atoms with van der Waals surface area (Å²) in [5.74, 6) is 0.784. The highest BCUT2D eigenvalue weighted by Crippen LogP contribution is 2.36. The van der Waals surface area contributed by atoms with Crippen LogP contribution in [0.5, 0.6) is 0 Å². The Morgan fingerprint density at radius 1 is 1.21 bits per heavy atom. The molecule has 0 radical (unpaired) electrons. The Kier molecular flexibility index (Phi) is 5.62. The molecule has 1 amide bonds. The molecule has 3 heterocycles. The van der Waals surface area contributed by atoms with Gasteiger partial charge in [-0.15, -0.1) is 11.3 Å². The van der Waals surface area contributed by atoms with Gasteiger partial charge in [-0.1, -0.05) is 50.6 Å². The summed E-state index contributed by atoms with van der Waals surface area (Å²) in [5.41, 5.74) is 1.72. The van der Waals surface area contributed by atoms with Gasteiger partial charge in [0, 0.05) is 23.4 Å². The molecule has 0 spiro atoms. The van der Waals surface area contributed by atoms with E-state index < -0.39 is 0 Å². The van der Waals surface area contributed by atoms with Crippen molar-refractivity contribution in [3.8, 4) is 11.3 Å². The number of anilines is 1. The predicted octanol–water partition coefficient (Wildman–Crippen LogP) is 3.66. The first-order chi connectivity index (χ1) is 14.0. The molecule has 4 rings (SSSR count). The average Bonchev–Trinajstić information content (AvgIpc) is 3.15. The van der Waals surface area contributed by atoms with Crippen molar-refractivity contribution < 1.29 is 4.79 Å². The Morgan fingerprint density at radius 3 is 2.76 bits per heavy atom. The summed E-state index contributed by atoms with van der Waals surface area (Å²) in [6.45, 7) is 4.81. The molecule has 1 aliphatic rings. The van der Waals surface area contributed by atoms with Crippen LogP contribution >= 0.6 is 11.3 Å². The number of thiazole rings is 1. The first-order valence-corrected chi connectivity index (χ1v) is 10.9. The fourth-order valence-electron chi connectivity index (χ4n) is 3.60. The van der Waals surface area contributed by atoms with Crippen LogP contribution in [0.15, 0.2) is 35.1 Å². The van der Waals surface area contributed by atoms with Crippen molar-refractivity contribution in [1.82, 2.24) is 19.3 Å². The number of fused-ring (bicyclic) bond motifs is 1. The van der Waals surface area contributed by atoms with Crippen molar-refractivity contribution in [2.24, 2.45) is 0 Å². The molecule has 3 aromatic rings. The molecule has 0 bridgehead atoms. The quantitative estimate of drug-likeness (QED) is 0.695. The minimum absolute atomic E-state index is 0.101. The lowest BCUT2D eigenvalue weighted by Crippen LogP contribution is -2.30. The number of hydrogen-bond acceptors (Lipinski definition) is 5. The van der Waals surface area contributed by atoms with Crippen LogP contribution in [0.2, 0.25) is 0 Å². The van der Waals surface area contributed by atoms with E-state index in [4.69, 9.17) is 0 Å². The molecule has 0 saturated carbocycles. The minimum atomic E-state index is -0.288. The summed E-state index contributed by atoms with van der Waals surface area (Å²) in [6.07, 6.45) is 3.90. The number of rotatable bonds is 5. The van der Waals surface area contributed by atoms with Gasteiger partial charge in [0.15, 0.2) is 5.13 Å². The third-order valence-corrected chi connectivity index (χ3v) is 6.32. The number of nitrogens with one attached hydrogen (secondary N) is 1. The van der Waals surface area contributed by atoms with Gasteiger partial charge in [0.05, 0.1) is 5.69 Å². The summed E-state index contributed by atoms with van der Waals surface area (Å²) in [7, 11) is 0. The number of aromatic nitrogens is 4. The van der Waals surface area contributed by atoms with Gasteiger partial charge < -0.3 is 5.32 Å². The first-order valence-electron chi connectivity index (χ1n) is 10.1. The summed E-state index contributed by atoms with van der Waals surface area (Å²) < 4.78 is 2.97. The molecule has 7 nitrogen and oxygen atoms in total. The summed E-state index contributed by atoms with van der Waals surface area (Å²) in [4.78, 5) is 30.9. The Hall–Kier alpha value is -2.74. The second kappa shape index (κ2) is 8.32. The molecule has 0 unspecified atom stereocenters. The molecule has 0 aliphatic carbocycles. The zero-order chi connectivity index (χ0) is 20.4. The Morgan fingerprint density at radius 2 is 2.00 bits per heavy atom. The second-order valence-corrected chi connectivity index (χ2v) is 8.65. The lowest BCUT2D eigenvalue weighted by Gasteiger charge is -2.04. The van der Waals surface area contributed by atoms with Crippen LogP contribution < -0.4 is 11.0 Å². The molecule has 1 N–H and O–H groups in total. The zero-order valence-electron chi connectivity index (χ0n) is 16.7. The zero-order valence-corrected chi connectivity index (χ0v) is 17.5. The number of carbonyl (C=O) groups is 1. The molecule has 1 aromatic carbocycles. The smallest absolute Gasteiger partial charge is 0.300 e. The number of hydrogen-bond donors (Lipinski definition) is 1. The standard InChI is InChI=1S/C21H25N5O2S/c1-14(2)19-18(15-9-5-3-6-10-15)23-20(29-19)22-17(27)13-26-21(28)25-12-8-4-7-11-16(25)24-26/h3,5-6,9-10,14H,4,7-8,11-13H2,1-2H3,(H,22,23,27). The van der Waals surface area contributed by atoms with Crippen molar-refractivity contribution in [1.29, 1.82) is 0 Å². The van der Waals surface area contributed by atoms with Gasteiger partial charge in [-0.3, -0.25) is 9.36 Å². The highest BCUT2D eigenvalue weighted by Gasteiger charge is 2.20. The number of amides is 1. The lowest BCUT2D eigenvalue weighted by atomic mass is 10.1. The van der Waals surface area contributed by atoms with Crippen molar-refractivity contribution in [3.63, 3.8) is 0 Å². The SMILES string of the molecule is CC(C)c1sc(NC(=O)Cn2nc3n(c2=O)CCCCC3)nc1-c1ccccc1. The molecule has 1 aliphatic heterocycles. The third-order valence-electron chi connectivity index (χ3n) is 5.05. The van der Waals surface area contributed by atoms with Gasteiger partial charge in [0.25, 0.3) is 0 Å². The van der Waals surface area contributed by atoms with E-state index in [0.29, 0.717) is 17.6 Å². The van der Waals surface area contributed by atoms with Gasteiger partial charge >= 0.3 is 5.69 Å². The van der Waals surface area contributed by atoms with E-state index in [1.807, 2.05) is 30.3 Å². The molecule has 2 aromatic heterocycles.